The van der Waals surface area contributed by atoms with E-state index in [1.807, 2.05) is 32.0 Å². The number of carbonyl (C=O) groups excluding carboxylic acids is 3. The fraction of sp³-hybridized carbons (Fsp3) is 0.273. The van der Waals surface area contributed by atoms with Crippen molar-refractivity contribution in [1.29, 1.82) is 0 Å². The van der Waals surface area contributed by atoms with E-state index in [1.165, 1.54) is 6.21 Å². The van der Waals surface area contributed by atoms with Gasteiger partial charge in [0.2, 0.25) is 0 Å². The summed E-state index contributed by atoms with van der Waals surface area (Å²) in [5.41, 5.74) is 5.35. The first-order valence-electron chi connectivity index (χ1n) is 9.59. The van der Waals surface area contributed by atoms with Crippen molar-refractivity contribution in [3.63, 3.8) is 0 Å². The van der Waals surface area contributed by atoms with Crippen LogP contribution in [0.3, 0.4) is 0 Å². The highest BCUT2D eigenvalue weighted by Crippen LogP contribution is 2.22. The number of ether oxygens (including phenoxy) is 1. The van der Waals surface area contributed by atoms with Crippen LogP contribution in [0.4, 0.5) is 5.69 Å². The van der Waals surface area contributed by atoms with Gasteiger partial charge < -0.3 is 15.4 Å². The van der Waals surface area contributed by atoms with Gasteiger partial charge in [-0.15, -0.1) is 0 Å². The average molecular weight is 489 g/mol. The van der Waals surface area contributed by atoms with E-state index in [2.05, 4.69) is 37.1 Å². The molecule has 0 heterocycles. The highest BCUT2D eigenvalue weighted by Gasteiger charge is 2.13. The number of aryl methyl sites for hydroxylation is 2. The number of rotatable bonds is 7. The van der Waals surface area contributed by atoms with Gasteiger partial charge >= 0.3 is 11.8 Å². The Hall–Kier alpha value is -3.20. The van der Waals surface area contributed by atoms with Crippen molar-refractivity contribution < 1.29 is 19.1 Å². The molecule has 0 aliphatic rings. The smallest absolute Gasteiger partial charge is 0.329 e. The zero-order valence-corrected chi connectivity index (χ0v) is 19.4. The third-order valence-electron chi connectivity index (χ3n) is 4.07. The molecule has 164 valence electrons. The maximum absolute atomic E-state index is 12.4. The van der Waals surface area contributed by atoms with Crippen LogP contribution >= 0.6 is 15.9 Å². The molecule has 0 atom stereocenters. The van der Waals surface area contributed by atoms with Gasteiger partial charge in [0.05, 0.1) is 6.21 Å². The maximum Gasteiger partial charge on any atom is 0.329 e. The average Bonchev–Trinajstić information content (AvgIpc) is 2.69. The Morgan fingerprint density at radius 3 is 2.42 bits per heavy atom. The Morgan fingerprint density at radius 1 is 1.10 bits per heavy atom. The lowest BCUT2D eigenvalue weighted by Crippen LogP contribution is -2.41. The second-order valence-corrected chi connectivity index (χ2v) is 8.03. The molecule has 0 aliphatic heterocycles. The minimum absolute atomic E-state index is 0.165. The molecule has 9 heteroatoms. The van der Waals surface area contributed by atoms with Gasteiger partial charge in [-0.3, -0.25) is 14.4 Å². The second kappa shape index (κ2) is 11.3. The molecule has 8 nitrogen and oxygen atoms in total. The zero-order valence-electron chi connectivity index (χ0n) is 17.8. The summed E-state index contributed by atoms with van der Waals surface area (Å²) in [6, 6.07) is 10.7. The predicted molar refractivity (Wildman–Crippen MR) is 123 cm³/mol. The monoisotopic (exact) mass is 488 g/mol. The summed E-state index contributed by atoms with van der Waals surface area (Å²) in [5, 5.41) is 9.13. The number of hydrazone groups is 1. The van der Waals surface area contributed by atoms with E-state index in [1.54, 1.807) is 32.0 Å². The van der Waals surface area contributed by atoms with Crippen LogP contribution in [0.25, 0.3) is 0 Å². The third kappa shape index (κ3) is 7.53. The van der Waals surface area contributed by atoms with Gasteiger partial charge in [-0.25, -0.2) is 5.43 Å². The van der Waals surface area contributed by atoms with Crippen LogP contribution in [0, 0.1) is 13.8 Å². The van der Waals surface area contributed by atoms with Gasteiger partial charge in [0.15, 0.2) is 6.61 Å². The van der Waals surface area contributed by atoms with E-state index >= 15 is 0 Å². The van der Waals surface area contributed by atoms with Gasteiger partial charge in [0.1, 0.15) is 5.75 Å². The SMILES string of the molecule is Cc1cccc(C)c1NC(=O)COc1ccc(Br)cc1/C=N\NC(=O)C(=O)NC(C)C. The van der Waals surface area contributed by atoms with Gasteiger partial charge in [-0.05, 0) is 57.0 Å². The van der Waals surface area contributed by atoms with Crippen LogP contribution in [0.1, 0.15) is 30.5 Å². The lowest BCUT2D eigenvalue weighted by molar-refractivity contribution is -0.139. The van der Waals surface area contributed by atoms with Gasteiger partial charge in [0, 0.05) is 21.8 Å². The zero-order chi connectivity index (χ0) is 23.0. The Kier molecular flexibility index (Phi) is 8.75. The number of benzene rings is 2. The number of hydrogen-bond acceptors (Lipinski definition) is 5. The molecular formula is C22H25BrN4O4. The van der Waals surface area contributed by atoms with Crippen LogP contribution in [-0.2, 0) is 14.4 Å². The predicted octanol–water partition coefficient (Wildman–Crippen LogP) is 3.06. The Bertz CT molecular complexity index is 985. The molecule has 0 saturated heterocycles. The molecule has 0 bridgehead atoms. The number of anilines is 1. The molecule has 2 aromatic rings. The standard InChI is InChI=1S/C22H25BrN4O4/c1-13(2)25-21(29)22(30)27-24-11-16-10-17(23)8-9-18(16)31-12-19(28)26-20-14(3)6-5-7-15(20)4/h5-11,13H,12H2,1-4H3,(H,25,29)(H,26,28)(H,27,30)/b24-11-. The molecule has 31 heavy (non-hydrogen) atoms. The lowest BCUT2D eigenvalue weighted by Gasteiger charge is -2.13. The van der Waals surface area contributed by atoms with Crippen molar-refractivity contribution in [2.24, 2.45) is 5.10 Å². The molecule has 0 aromatic heterocycles. The fourth-order valence-electron chi connectivity index (χ4n) is 2.62. The highest BCUT2D eigenvalue weighted by atomic mass is 79.9. The summed E-state index contributed by atoms with van der Waals surface area (Å²) in [4.78, 5) is 35.7. The number of amides is 3. The summed E-state index contributed by atoms with van der Waals surface area (Å²) >= 11 is 3.36. The van der Waals surface area contributed by atoms with Crippen LogP contribution in [-0.4, -0.2) is 36.6 Å². The minimum Gasteiger partial charge on any atom is -0.483 e. The summed E-state index contributed by atoms with van der Waals surface area (Å²) in [6.45, 7) is 7.12. The van der Waals surface area contributed by atoms with Crippen LogP contribution in [0.2, 0.25) is 0 Å². The van der Waals surface area contributed by atoms with Crippen LogP contribution < -0.4 is 20.8 Å². The fourth-order valence-corrected chi connectivity index (χ4v) is 3.00. The van der Waals surface area contributed by atoms with Crippen molar-refractivity contribution in [3.8, 4) is 5.75 Å². The summed E-state index contributed by atoms with van der Waals surface area (Å²) in [7, 11) is 0. The number of para-hydroxylation sites is 1. The van der Waals surface area contributed by atoms with Crippen molar-refractivity contribution in [2.45, 2.75) is 33.7 Å². The molecule has 0 spiro atoms. The quantitative estimate of drug-likeness (QED) is 0.316. The number of nitrogens with zero attached hydrogens (tertiary/aromatic N) is 1. The number of nitrogens with one attached hydrogen (secondary N) is 3. The van der Waals surface area contributed by atoms with Crippen LogP contribution in [0.5, 0.6) is 5.75 Å². The molecule has 0 fully saturated rings. The minimum atomic E-state index is -0.879. The van der Waals surface area contributed by atoms with Crippen LogP contribution in [0.15, 0.2) is 46.0 Å². The Labute approximate surface area is 189 Å². The van der Waals surface area contributed by atoms with Crippen molar-refractivity contribution >= 4 is 45.6 Å². The molecule has 0 radical (unpaired) electrons. The van der Waals surface area contributed by atoms with Gasteiger partial charge in [0.25, 0.3) is 5.91 Å². The largest absolute Gasteiger partial charge is 0.483 e. The van der Waals surface area contributed by atoms with Crippen molar-refractivity contribution in [2.75, 3.05) is 11.9 Å². The summed E-state index contributed by atoms with van der Waals surface area (Å²) in [6.07, 6.45) is 1.34. The Balaban J connectivity index is 2.02. The highest BCUT2D eigenvalue weighted by molar-refractivity contribution is 9.10. The van der Waals surface area contributed by atoms with E-state index in [9.17, 15) is 14.4 Å². The molecule has 3 amide bonds. The third-order valence-corrected chi connectivity index (χ3v) is 4.57. The molecule has 2 aromatic carbocycles. The normalized spacial score (nSPS) is 10.8. The number of hydrogen-bond donors (Lipinski definition) is 3. The molecule has 0 unspecified atom stereocenters. The summed E-state index contributed by atoms with van der Waals surface area (Å²) < 4.78 is 6.40. The van der Waals surface area contributed by atoms with Gasteiger partial charge in [-0.2, -0.15) is 5.10 Å². The van der Waals surface area contributed by atoms with E-state index < -0.39 is 11.8 Å². The first-order valence-corrected chi connectivity index (χ1v) is 10.4. The summed E-state index contributed by atoms with van der Waals surface area (Å²) in [5.74, 6) is -1.57. The van der Waals surface area contributed by atoms with E-state index in [4.69, 9.17) is 4.74 Å². The number of halogens is 1. The molecular weight excluding hydrogens is 464 g/mol. The molecule has 2 rings (SSSR count). The first-order chi connectivity index (χ1) is 14.7. The second-order valence-electron chi connectivity index (χ2n) is 7.11. The van der Waals surface area contributed by atoms with Gasteiger partial charge in [-0.1, -0.05) is 34.1 Å². The molecule has 0 aliphatic carbocycles. The van der Waals surface area contributed by atoms with E-state index in [0.717, 1.165) is 21.3 Å². The number of carbonyl (C=O) groups is 3. The topological polar surface area (TPSA) is 109 Å². The molecule has 3 N–H and O–H groups in total. The first kappa shape index (κ1) is 24.1. The van der Waals surface area contributed by atoms with Crippen molar-refractivity contribution in [1.82, 2.24) is 10.7 Å². The molecule has 0 saturated carbocycles. The van der Waals surface area contributed by atoms with E-state index in [-0.39, 0.29) is 18.6 Å². The maximum atomic E-state index is 12.4. The van der Waals surface area contributed by atoms with E-state index in [0.29, 0.717) is 11.3 Å². The van der Waals surface area contributed by atoms with Crippen molar-refractivity contribution in [3.05, 3.63) is 57.6 Å². The lowest BCUT2D eigenvalue weighted by atomic mass is 10.1. The Morgan fingerprint density at radius 2 is 1.77 bits per heavy atom.